The van der Waals surface area contributed by atoms with Gasteiger partial charge < -0.3 is 10.5 Å². The zero-order valence-electron chi connectivity index (χ0n) is 8.26. The first-order valence-electron chi connectivity index (χ1n) is 4.75. The number of nitrogens with two attached hydrogens (primary N) is 1. The van der Waals surface area contributed by atoms with E-state index in [2.05, 4.69) is 4.98 Å². The molecule has 0 fully saturated rings. The highest BCUT2D eigenvalue weighted by Crippen LogP contribution is 2.20. The van der Waals surface area contributed by atoms with Crippen LogP contribution in [0.3, 0.4) is 0 Å². The Balaban J connectivity index is 2.17. The lowest BCUT2D eigenvalue weighted by molar-refractivity contribution is 0.479. The van der Waals surface area contributed by atoms with Gasteiger partial charge in [0.2, 0.25) is 0 Å². The van der Waals surface area contributed by atoms with Crippen LogP contribution in [0.4, 0.5) is 0 Å². The molecule has 1 aromatic carbocycles. The quantitative estimate of drug-likeness (QED) is 0.827. The minimum absolute atomic E-state index is 0.518. The smallest absolute Gasteiger partial charge is 0.145 e. The van der Waals surface area contributed by atoms with Crippen molar-refractivity contribution in [3.05, 3.63) is 54.4 Å². The number of aromatic nitrogens is 1. The minimum Gasteiger partial charge on any atom is -0.456 e. The number of nitrogens with zero attached hydrogens (tertiary/aromatic N) is 1. The van der Waals surface area contributed by atoms with Crippen LogP contribution < -0.4 is 10.5 Å². The van der Waals surface area contributed by atoms with Crippen LogP contribution in [0.1, 0.15) is 5.56 Å². The monoisotopic (exact) mass is 200 g/mol. The predicted octanol–water partition coefficient (Wildman–Crippen LogP) is 2.33. The van der Waals surface area contributed by atoms with Crippen molar-refractivity contribution in [2.24, 2.45) is 5.73 Å². The fourth-order valence-corrected chi connectivity index (χ4v) is 1.28. The van der Waals surface area contributed by atoms with Crippen molar-refractivity contribution in [1.29, 1.82) is 0 Å². The van der Waals surface area contributed by atoms with Crippen molar-refractivity contribution < 1.29 is 4.74 Å². The Hall–Kier alpha value is -1.87. The van der Waals surface area contributed by atoms with Crippen molar-refractivity contribution in [3.63, 3.8) is 0 Å². The number of pyridine rings is 1. The molecule has 0 aliphatic carbocycles. The first kappa shape index (κ1) is 9.68. The number of hydrogen-bond acceptors (Lipinski definition) is 3. The zero-order valence-corrected chi connectivity index (χ0v) is 8.26. The number of rotatable bonds is 3. The van der Waals surface area contributed by atoms with Gasteiger partial charge in [-0.05, 0) is 29.8 Å². The van der Waals surface area contributed by atoms with Gasteiger partial charge in [-0.25, -0.2) is 0 Å². The van der Waals surface area contributed by atoms with E-state index in [1.54, 1.807) is 12.4 Å². The molecule has 3 heteroatoms. The molecule has 0 amide bonds. The van der Waals surface area contributed by atoms with Crippen LogP contribution in [-0.2, 0) is 6.54 Å². The zero-order chi connectivity index (χ0) is 10.5. The highest BCUT2D eigenvalue weighted by atomic mass is 16.5. The molecule has 3 nitrogen and oxygen atoms in total. The molecule has 15 heavy (non-hydrogen) atoms. The molecule has 76 valence electrons. The third-order valence-electron chi connectivity index (χ3n) is 2.00. The second kappa shape index (κ2) is 4.57. The Morgan fingerprint density at radius 1 is 1.13 bits per heavy atom. The van der Waals surface area contributed by atoms with Gasteiger partial charge in [0.25, 0.3) is 0 Å². The summed E-state index contributed by atoms with van der Waals surface area (Å²) in [6.07, 6.45) is 3.39. The maximum Gasteiger partial charge on any atom is 0.145 e. The maximum absolute atomic E-state index is 5.60. The maximum atomic E-state index is 5.60. The SMILES string of the molecule is NCc1cccc(Oc2cccnc2)c1. The summed E-state index contributed by atoms with van der Waals surface area (Å²) in [7, 11) is 0. The molecule has 0 aliphatic rings. The summed E-state index contributed by atoms with van der Waals surface area (Å²) in [5.41, 5.74) is 6.60. The largest absolute Gasteiger partial charge is 0.456 e. The molecule has 0 atom stereocenters. The predicted molar refractivity (Wildman–Crippen MR) is 58.6 cm³/mol. The van der Waals surface area contributed by atoms with Crippen molar-refractivity contribution >= 4 is 0 Å². The van der Waals surface area contributed by atoms with Crippen molar-refractivity contribution in [2.45, 2.75) is 6.54 Å². The minimum atomic E-state index is 0.518. The van der Waals surface area contributed by atoms with E-state index in [1.165, 1.54) is 0 Å². The lowest BCUT2D eigenvalue weighted by Gasteiger charge is -2.05. The average Bonchev–Trinajstić information content (AvgIpc) is 2.31. The normalized spacial score (nSPS) is 9.93. The van der Waals surface area contributed by atoms with Gasteiger partial charge in [-0.2, -0.15) is 0 Å². The van der Waals surface area contributed by atoms with Gasteiger partial charge in [0.1, 0.15) is 11.5 Å². The van der Waals surface area contributed by atoms with Crippen LogP contribution in [0, 0.1) is 0 Å². The van der Waals surface area contributed by atoms with Gasteiger partial charge in [0.15, 0.2) is 0 Å². The molecule has 1 heterocycles. The lowest BCUT2D eigenvalue weighted by Crippen LogP contribution is -1.96. The first-order chi connectivity index (χ1) is 7.38. The summed E-state index contributed by atoms with van der Waals surface area (Å²) in [6.45, 7) is 0.518. The van der Waals surface area contributed by atoms with Gasteiger partial charge in [0.05, 0.1) is 6.20 Å². The standard InChI is InChI=1S/C12H12N2O/c13-8-10-3-1-4-11(7-10)15-12-5-2-6-14-9-12/h1-7,9H,8,13H2. The van der Waals surface area contributed by atoms with Gasteiger partial charge in [-0.1, -0.05) is 12.1 Å². The third-order valence-corrected chi connectivity index (χ3v) is 2.00. The Morgan fingerprint density at radius 2 is 2.00 bits per heavy atom. The Morgan fingerprint density at radius 3 is 2.73 bits per heavy atom. The van der Waals surface area contributed by atoms with Gasteiger partial charge >= 0.3 is 0 Å². The average molecular weight is 200 g/mol. The summed E-state index contributed by atoms with van der Waals surface area (Å²) in [4.78, 5) is 3.97. The van der Waals surface area contributed by atoms with Gasteiger partial charge in [0, 0.05) is 12.7 Å². The van der Waals surface area contributed by atoms with Crippen LogP contribution in [0.25, 0.3) is 0 Å². The lowest BCUT2D eigenvalue weighted by atomic mass is 10.2. The molecule has 0 bridgehead atoms. The molecule has 1 aromatic heterocycles. The van der Waals surface area contributed by atoms with Gasteiger partial charge in [-0.15, -0.1) is 0 Å². The fraction of sp³-hybridized carbons (Fsp3) is 0.0833. The topological polar surface area (TPSA) is 48.1 Å². The van der Waals surface area contributed by atoms with Crippen molar-refractivity contribution in [1.82, 2.24) is 4.98 Å². The Kier molecular flexibility index (Phi) is 2.95. The van der Waals surface area contributed by atoms with E-state index in [-0.39, 0.29) is 0 Å². The van der Waals surface area contributed by atoms with Crippen LogP contribution in [0.2, 0.25) is 0 Å². The Bertz CT molecular complexity index is 429. The Labute approximate surface area is 88.5 Å². The van der Waals surface area contributed by atoms with E-state index in [0.29, 0.717) is 6.54 Å². The molecule has 2 rings (SSSR count). The fourth-order valence-electron chi connectivity index (χ4n) is 1.28. The number of ether oxygens (including phenoxy) is 1. The van der Waals surface area contributed by atoms with Crippen LogP contribution in [-0.4, -0.2) is 4.98 Å². The third kappa shape index (κ3) is 2.54. The van der Waals surface area contributed by atoms with Crippen LogP contribution in [0.5, 0.6) is 11.5 Å². The van der Waals surface area contributed by atoms with Gasteiger partial charge in [-0.3, -0.25) is 4.98 Å². The molecule has 2 N–H and O–H groups in total. The van der Waals surface area contributed by atoms with E-state index < -0.39 is 0 Å². The number of hydrogen-bond donors (Lipinski definition) is 1. The molecule has 0 saturated carbocycles. The molecule has 0 aliphatic heterocycles. The van der Waals surface area contributed by atoms with E-state index in [4.69, 9.17) is 10.5 Å². The molecular formula is C12H12N2O. The van der Waals surface area contributed by atoms with Crippen molar-refractivity contribution in [2.75, 3.05) is 0 Å². The first-order valence-corrected chi connectivity index (χ1v) is 4.75. The second-order valence-corrected chi connectivity index (χ2v) is 3.14. The van der Waals surface area contributed by atoms with E-state index in [1.807, 2.05) is 36.4 Å². The molecule has 0 radical (unpaired) electrons. The molecule has 2 aromatic rings. The summed E-state index contributed by atoms with van der Waals surface area (Å²) < 4.78 is 5.60. The summed E-state index contributed by atoms with van der Waals surface area (Å²) in [6, 6.07) is 11.4. The molecular weight excluding hydrogens is 188 g/mol. The van der Waals surface area contributed by atoms with E-state index >= 15 is 0 Å². The number of benzene rings is 1. The molecule has 0 saturated heterocycles. The highest BCUT2D eigenvalue weighted by Gasteiger charge is 1.97. The van der Waals surface area contributed by atoms with E-state index in [0.717, 1.165) is 17.1 Å². The summed E-state index contributed by atoms with van der Waals surface area (Å²) in [5.74, 6) is 1.51. The van der Waals surface area contributed by atoms with E-state index in [9.17, 15) is 0 Å². The second-order valence-electron chi connectivity index (χ2n) is 3.14. The highest BCUT2D eigenvalue weighted by molar-refractivity contribution is 5.32. The molecule has 0 unspecified atom stereocenters. The van der Waals surface area contributed by atoms with Crippen LogP contribution >= 0.6 is 0 Å². The molecule has 0 spiro atoms. The summed E-state index contributed by atoms with van der Waals surface area (Å²) >= 11 is 0. The summed E-state index contributed by atoms with van der Waals surface area (Å²) in [5, 5.41) is 0. The van der Waals surface area contributed by atoms with Crippen molar-refractivity contribution in [3.8, 4) is 11.5 Å². The van der Waals surface area contributed by atoms with Crippen LogP contribution in [0.15, 0.2) is 48.8 Å².